The number of hydrogen-bond donors (Lipinski definition) is 1. The lowest BCUT2D eigenvalue weighted by atomic mass is 10.1. The van der Waals surface area contributed by atoms with Crippen LogP contribution in [0.3, 0.4) is 0 Å². The van der Waals surface area contributed by atoms with Gasteiger partial charge in [0.25, 0.3) is 5.91 Å². The third-order valence-electron chi connectivity index (χ3n) is 4.41. The van der Waals surface area contributed by atoms with Crippen LogP contribution in [0.2, 0.25) is 0 Å². The first-order chi connectivity index (χ1) is 13.8. The highest BCUT2D eigenvalue weighted by atomic mass is 32.2. The third-order valence-corrected chi connectivity index (χ3v) is 6.24. The third kappa shape index (κ3) is 4.44. The normalized spacial score (nSPS) is 12.2. The summed E-state index contributed by atoms with van der Waals surface area (Å²) in [5.74, 6) is -0.333. The minimum absolute atomic E-state index is 0.198. The van der Waals surface area contributed by atoms with E-state index in [2.05, 4.69) is 10.5 Å². The van der Waals surface area contributed by atoms with Gasteiger partial charge in [0.1, 0.15) is 0 Å². The molecule has 1 N–H and O–H groups in total. The Morgan fingerprint density at radius 1 is 0.966 bits per heavy atom. The van der Waals surface area contributed by atoms with E-state index in [1.165, 1.54) is 26.2 Å². The fraction of sp³-hybridized carbons (Fsp3) is 0.143. The maximum Gasteiger partial charge on any atom is 0.273 e. The van der Waals surface area contributed by atoms with Crippen molar-refractivity contribution in [3.63, 3.8) is 0 Å². The summed E-state index contributed by atoms with van der Waals surface area (Å²) in [7, 11) is -0.520. The molecular weight excluding hydrogens is 388 g/mol. The number of aromatic nitrogens is 1. The Balaban J connectivity index is 1.78. The maximum absolute atomic E-state index is 12.6. The summed E-state index contributed by atoms with van der Waals surface area (Å²) in [6.07, 6.45) is 3.73. The number of carbonyl (C=O) groups is 1. The SMILES string of the molecule is C/C(=N/NC(=O)c1ccccc1-n1cccc1)c1ccc(S(=O)(=O)N(C)C)cc1. The topological polar surface area (TPSA) is 83.8 Å². The average Bonchev–Trinajstić information content (AvgIpc) is 3.26. The van der Waals surface area contributed by atoms with Gasteiger partial charge in [0.2, 0.25) is 10.0 Å². The Hall–Kier alpha value is -3.23. The van der Waals surface area contributed by atoms with E-state index in [9.17, 15) is 13.2 Å². The first-order valence-corrected chi connectivity index (χ1v) is 10.3. The van der Waals surface area contributed by atoms with Gasteiger partial charge in [0.15, 0.2) is 0 Å². The predicted octanol–water partition coefficient (Wildman–Crippen LogP) is 2.88. The van der Waals surface area contributed by atoms with Gasteiger partial charge < -0.3 is 4.57 Å². The second-order valence-corrected chi connectivity index (χ2v) is 8.71. The van der Waals surface area contributed by atoms with Crippen LogP contribution in [0.5, 0.6) is 0 Å². The smallest absolute Gasteiger partial charge is 0.273 e. The van der Waals surface area contributed by atoms with Gasteiger partial charge in [-0.3, -0.25) is 4.79 Å². The number of hydrogen-bond acceptors (Lipinski definition) is 4. The number of amides is 1. The van der Waals surface area contributed by atoms with Crippen LogP contribution in [0.25, 0.3) is 5.69 Å². The summed E-state index contributed by atoms with van der Waals surface area (Å²) >= 11 is 0. The fourth-order valence-corrected chi connectivity index (χ4v) is 3.63. The van der Waals surface area contributed by atoms with Gasteiger partial charge in [-0.15, -0.1) is 0 Å². The molecule has 0 aliphatic heterocycles. The molecule has 3 aromatic rings. The van der Waals surface area contributed by atoms with Gasteiger partial charge in [-0.1, -0.05) is 24.3 Å². The summed E-state index contributed by atoms with van der Waals surface area (Å²) in [6.45, 7) is 1.74. The number of hydrazone groups is 1. The van der Waals surface area contributed by atoms with Gasteiger partial charge in [-0.05, 0) is 48.9 Å². The predicted molar refractivity (Wildman–Crippen MR) is 113 cm³/mol. The fourth-order valence-electron chi connectivity index (χ4n) is 2.72. The van der Waals surface area contributed by atoms with Gasteiger partial charge in [-0.25, -0.2) is 18.1 Å². The molecule has 1 aromatic heterocycles. The van der Waals surface area contributed by atoms with Crippen LogP contribution >= 0.6 is 0 Å². The zero-order chi connectivity index (χ0) is 21.0. The molecule has 0 atom stereocenters. The van der Waals surface area contributed by atoms with Crippen molar-refractivity contribution in [2.24, 2.45) is 5.10 Å². The molecule has 0 aliphatic rings. The second kappa shape index (κ2) is 8.42. The van der Waals surface area contributed by atoms with Crippen molar-refractivity contribution >= 4 is 21.6 Å². The molecule has 1 amide bonds. The largest absolute Gasteiger partial charge is 0.323 e. The van der Waals surface area contributed by atoms with Crippen molar-refractivity contribution in [1.82, 2.24) is 14.3 Å². The summed E-state index contributed by atoms with van der Waals surface area (Å²) in [5, 5.41) is 4.17. The highest BCUT2D eigenvalue weighted by molar-refractivity contribution is 7.89. The number of rotatable bonds is 6. The van der Waals surface area contributed by atoms with Crippen LogP contribution in [0, 0.1) is 0 Å². The molecule has 3 rings (SSSR count). The number of benzene rings is 2. The van der Waals surface area contributed by atoms with Crippen molar-refractivity contribution in [3.8, 4) is 5.69 Å². The molecule has 8 heteroatoms. The minimum Gasteiger partial charge on any atom is -0.323 e. The van der Waals surface area contributed by atoms with E-state index in [1.807, 2.05) is 41.2 Å². The lowest BCUT2D eigenvalue weighted by Crippen LogP contribution is -2.22. The monoisotopic (exact) mass is 410 g/mol. The Kier molecular flexibility index (Phi) is 5.95. The molecule has 0 radical (unpaired) electrons. The van der Waals surface area contributed by atoms with Gasteiger partial charge in [-0.2, -0.15) is 5.10 Å². The quantitative estimate of drug-likeness (QED) is 0.501. The number of nitrogens with zero attached hydrogens (tertiary/aromatic N) is 3. The molecule has 0 fully saturated rings. The summed E-state index contributed by atoms with van der Waals surface area (Å²) < 4.78 is 27.3. The summed E-state index contributed by atoms with van der Waals surface area (Å²) in [6, 6.07) is 17.4. The van der Waals surface area contributed by atoms with E-state index in [0.717, 1.165) is 9.99 Å². The molecule has 7 nitrogen and oxygen atoms in total. The maximum atomic E-state index is 12.6. The van der Waals surface area contributed by atoms with E-state index in [4.69, 9.17) is 0 Å². The lowest BCUT2D eigenvalue weighted by molar-refractivity contribution is 0.0955. The molecule has 0 saturated heterocycles. The van der Waals surface area contributed by atoms with Crippen LogP contribution < -0.4 is 5.43 Å². The molecular formula is C21H22N4O3S. The van der Waals surface area contributed by atoms with Crippen molar-refractivity contribution in [3.05, 3.63) is 84.2 Å². The zero-order valence-electron chi connectivity index (χ0n) is 16.4. The van der Waals surface area contributed by atoms with E-state index >= 15 is 0 Å². The number of para-hydroxylation sites is 1. The molecule has 150 valence electrons. The van der Waals surface area contributed by atoms with Crippen molar-refractivity contribution in [2.75, 3.05) is 14.1 Å². The number of nitrogens with one attached hydrogen (secondary N) is 1. The molecule has 0 aliphatic carbocycles. The number of sulfonamides is 1. The lowest BCUT2D eigenvalue weighted by Gasteiger charge is -2.12. The highest BCUT2D eigenvalue weighted by Crippen LogP contribution is 2.16. The highest BCUT2D eigenvalue weighted by Gasteiger charge is 2.17. The van der Waals surface area contributed by atoms with E-state index in [0.29, 0.717) is 16.8 Å². The van der Waals surface area contributed by atoms with E-state index in [1.54, 1.807) is 31.2 Å². The molecule has 1 heterocycles. The summed E-state index contributed by atoms with van der Waals surface area (Å²) in [4.78, 5) is 12.8. The molecule has 0 spiro atoms. The molecule has 2 aromatic carbocycles. The summed E-state index contributed by atoms with van der Waals surface area (Å²) in [5.41, 5.74) is 5.09. The average molecular weight is 410 g/mol. The Labute approximate surface area is 170 Å². The first kappa shape index (κ1) is 20.5. The Morgan fingerprint density at radius 2 is 1.59 bits per heavy atom. The van der Waals surface area contributed by atoms with E-state index in [-0.39, 0.29) is 10.8 Å². The number of carbonyl (C=O) groups excluding carboxylic acids is 1. The van der Waals surface area contributed by atoms with Crippen molar-refractivity contribution < 1.29 is 13.2 Å². The molecule has 0 bridgehead atoms. The standard InChI is InChI=1S/C21H22N4O3S/c1-16(17-10-12-18(13-11-17)29(27,28)24(2)3)22-23-21(26)19-8-4-5-9-20(19)25-14-6-7-15-25/h4-15H,1-3H3,(H,23,26)/b22-16-. The second-order valence-electron chi connectivity index (χ2n) is 6.56. The van der Waals surface area contributed by atoms with Crippen LogP contribution in [0.1, 0.15) is 22.8 Å². The Bertz CT molecular complexity index is 1130. The first-order valence-electron chi connectivity index (χ1n) is 8.90. The minimum atomic E-state index is -3.49. The molecule has 29 heavy (non-hydrogen) atoms. The van der Waals surface area contributed by atoms with Gasteiger partial charge in [0, 0.05) is 26.5 Å². The van der Waals surface area contributed by atoms with E-state index < -0.39 is 10.0 Å². The van der Waals surface area contributed by atoms with Gasteiger partial charge >= 0.3 is 0 Å². The zero-order valence-corrected chi connectivity index (χ0v) is 17.2. The molecule has 0 unspecified atom stereocenters. The van der Waals surface area contributed by atoms with Crippen molar-refractivity contribution in [2.45, 2.75) is 11.8 Å². The molecule has 0 saturated carbocycles. The Morgan fingerprint density at radius 3 is 2.21 bits per heavy atom. The van der Waals surface area contributed by atoms with Crippen LogP contribution in [0.4, 0.5) is 0 Å². The van der Waals surface area contributed by atoms with Crippen LogP contribution in [-0.2, 0) is 10.0 Å². The van der Waals surface area contributed by atoms with Crippen LogP contribution in [-0.4, -0.2) is 43.0 Å². The van der Waals surface area contributed by atoms with Gasteiger partial charge in [0.05, 0.1) is 21.9 Å². The van der Waals surface area contributed by atoms with Crippen molar-refractivity contribution in [1.29, 1.82) is 0 Å². The van der Waals surface area contributed by atoms with Crippen LogP contribution in [0.15, 0.2) is 83.1 Å².